The Morgan fingerprint density at radius 1 is 1.60 bits per heavy atom. The third-order valence-electron chi connectivity index (χ3n) is 3.49. The molecule has 0 spiro atoms. The molecule has 20 heavy (non-hydrogen) atoms. The van der Waals surface area contributed by atoms with Gasteiger partial charge in [0.05, 0.1) is 18.8 Å². The maximum atomic E-state index is 12.0. The molecule has 1 aromatic heterocycles. The third kappa shape index (κ3) is 4.01. The van der Waals surface area contributed by atoms with Gasteiger partial charge in [-0.15, -0.1) is 5.10 Å². The van der Waals surface area contributed by atoms with Gasteiger partial charge >= 0.3 is 0 Å². The van der Waals surface area contributed by atoms with Gasteiger partial charge in [-0.05, 0) is 31.8 Å². The molecule has 1 fully saturated rings. The summed E-state index contributed by atoms with van der Waals surface area (Å²) in [5.74, 6) is 0.108. The van der Waals surface area contributed by atoms with Crippen molar-refractivity contribution >= 4 is 5.91 Å². The van der Waals surface area contributed by atoms with Crippen LogP contribution in [0.5, 0.6) is 0 Å². The maximum absolute atomic E-state index is 12.0. The lowest BCUT2D eigenvalue weighted by molar-refractivity contribution is 0.0929. The first-order valence-corrected chi connectivity index (χ1v) is 7.10. The summed E-state index contributed by atoms with van der Waals surface area (Å²) in [5.41, 5.74) is 0.383. The molecule has 1 saturated heterocycles. The van der Waals surface area contributed by atoms with Gasteiger partial charge in [0.25, 0.3) is 5.91 Å². The number of nitrogens with zero attached hydrogens (tertiary/aromatic N) is 3. The largest absolute Gasteiger partial charge is 0.384 e. The van der Waals surface area contributed by atoms with Crippen LogP contribution >= 0.6 is 0 Å². The number of rotatable bonds is 6. The van der Waals surface area contributed by atoms with E-state index in [9.17, 15) is 4.79 Å². The lowest BCUT2D eigenvalue weighted by Crippen LogP contribution is -2.30. The quantitative estimate of drug-likeness (QED) is 0.779. The molecule has 1 atom stereocenters. The molecule has 1 aromatic rings. The molecule has 0 saturated carbocycles. The first-order chi connectivity index (χ1) is 9.70. The SMILES string of the molecule is COCC(C)CNC(=O)c1cn(C2CCNCC2)nn1. The second kappa shape index (κ2) is 7.35. The molecule has 1 aliphatic rings. The van der Waals surface area contributed by atoms with Crippen molar-refractivity contribution in [1.82, 2.24) is 25.6 Å². The fourth-order valence-corrected chi connectivity index (χ4v) is 2.33. The van der Waals surface area contributed by atoms with Gasteiger partial charge in [-0.1, -0.05) is 12.1 Å². The monoisotopic (exact) mass is 281 g/mol. The zero-order valence-electron chi connectivity index (χ0n) is 12.1. The van der Waals surface area contributed by atoms with Crippen LogP contribution in [0.4, 0.5) is 0 Å². The van der Waals surface area contributed by atoms with Crippen molar-refractivity contribution in [2.75, 3.05) is 33.4 Å². The molecule has 112 valence electrons. The molecule has 0 aliphatic carbocycles. The van der Waals surface area contributed by atoms with Crippen LogP contribution in [0.1, 0.15) is 36.3 Å². The second-order valence-electron chi connectivity index (χ2n) is 5.34. The molecule has 2 heterocycles. The number of carbonyl (C=O) groups is 1. The molecular weight excluding hydrogens is 258 g/mol. The van der Waals surface area contributed by atoms with Crippen LogP contribution in [-0.4, -0.2) is 54.3 Å². The minimum atomic E-state index is -0.173. The van der Waals surface area contributed by atoms with Crippen molar-refractivity contribution in [3.8, 4) is 0 Å². The first-order valence-electron chi connectivity index (χ1n) is 7.10. The topological polar surface area (TPSA) is 81.1 Å². The Kier molecular flexibility index (Phi) is 5.49. The predicted molar refractivity (Wildman–Crippen MR) is 74.5 cm³/mol. The van der Waals surface area contributed by atoms with E-state index in [-0.39, 0.29) is 11.8 Å². The Morgan fingerprint density at radius 3 is 3.05 bits per heavy atom. The molecule has 7 nitrogen and oxygen atoms in total. The molecule has 2 N–H and O–H groups in total. The highest BCUT2D eigenvalue weighted by molar-refractivity contribution is 5.91. The van der Waals surface area contributed by atoms with Crippen molar-refractivity contribution in [3.63, 3.8) is 0 Å². The van der Waals surface area contributed by atoms with E-state index in [1.807, 2.05) is 11.6 Å². The fraction of sp³-hybridized carbons (Fsp3) is 0.769. The first kappa shape index (κ1) is 14.9. The Hall–Kier alpha value is -1.47. The van der Waals surface area contributed by atoms with Crippen LogP contribution in [-0.2, 0) is 4.74 Å². The average Bonchev–Trinajstić information content (AvgIpc) is 2.96. The zero-order chi connectivity index (χ0) is 14.4. The zero-order valence-corrected chi connectivity index (χ0v) is 12.1. The molecule has 2 rings (SSSR count). The Bertz CT molecular complexity index is 428. The highest BCUT2D eigenvalue weighted by Gasteiger charge is 2.18. The normalized spacial score (nSPS) is 17.9. The van der Waals surface area contributed by atoms with Gasteiger partial charge in [-0.2, -0.15) is 0 Å². The van der Waals surface area contributed by atoms with Crippen LogP contribution in [0.2, 0.25) is 0 Å². The van der Waals surface area contributed by atoms with E-state index >= 15 is 0 Å². The number of amides is 1. The van der Waals surface area contributed by atoms with E-state index < -0.39 is 0 Å². The summed E-state index contributed by atoms with van der Waals surface area (Å²) in [4.78, 5) is 12.0. The number of aromatic nitrogens is 3. The molecule has 0 radical (unpaired) electrons. The van der Waals surface area contributed by atoms with Crippen LogP contribution in [0.25, 0.3) is 0 Å². The molecule has 1 amide bonds. The summed E-state index contributed by atoms with van der Waals surface area (Å²) < 4.78 is 6.85. The number of methoxy groups -OCH3 is 1. The van der Waals surface area contributed by atoms with Crippen LogP contribution in [0.15, 0.2) is 6.20 Å². The number of piperidine rings is 1. The minimum absolute atomic E-state index is 0.173. The van der Waals surface area contributed by atoms with Crippen LogP contribution in [0.3, 0.4) is 0 Å². The van der Waals surface area contributed by atoms with E-state index in [2.05, 4.69) is 20.9 Å². The van der Waals surface area contributed by atoms with Gasteiger partial charge in [0.2, 0.25) is 0 Å². The molecule has 1 unspecified atom stereocenters. The van der Waals surface area contributed by atoms with Crippen molar-refractivity contribution < 1.29 is 9.53 Å². The van der Waals surface area contributed by atoms with Crippen molar-refractivity contribution in [3.05, 3.63) is 11.9 Å². The van der Waals surface area contributed by atoms with Crippen molar-refractivity contribution in [1.29, 1.82) is 0 Å². The van der Waals surface area contributed by atoms with Crippen LogP contribution < -0.4 is 10.6 Å². The standard InChI is InChI=1S/C13H23N5O2/c1-10(9-20-2)7-15-13(19)12-8-18(17-16-12)11-3-5-14-6-4-11/h8,10-11,14H,3-7,9H2,1-2H3,(H,15,19). The van der Waals surface area contributed by atoms with Gasteiger partial charge in [0, 0.05) is 13.7 Å². The summed E-state index contributed by atoms with van der Waals surface area (Å²) in [6.45, 7) is 5.20. The summed E-state index contributed by atoms with van der Waals surface area (Å²) in [6, 6.07) is 0.345. The summed E-state index contributed by atoms with van der Waals surface area (Å²) >= 11 is 0. The van der Waals surface area contributed by atoms with Gasteiger partial charge < -0.3 is 15.4 Å². The van der Waals surface area contributed by atoms with Crippen molar-refractivity contribution in [2.24, 2.45) is 5.92 Å². The lowest BCUT2D eigenvalue weighted by Gasteiger charge is -2.22. The highest BCUT2D eigenvalue weighted by atomic mass is 16.5. The van der Waals surface area contributed by atoms with Gasteiger partial charge in [-0.25, -0.2) is 4.68 Å². The van der Waals surface area contributed by atoms with E-state index in [1.54, 1.807) is 13.3 Å². The van der Waals surface area contributed by atoms with E-state index in [0.717, 1.165) is 25.9 Å². The van der Waals surface area contributed by atoms with Crippen molar-refractivity contribution in [2.45, 2.75) is 25.8 Å². The molecule has 0 bridgehead atoms. The maximum Gasteiger partial charge on any atom is 0.273 e. The minimum Gasteiger partial charge on any atom is -0.384 e. The van der Waals surface area contributed by atoms with E-state index in [0.29, 0.717) is 24.9 Å². The Morgan fingerprint density at radius 2 is 2.35 bits per heavy atom. The molecule has 7 heteroatoms. The van der Waals surface area contributed by atoms with E-state index in [4.69, 9.17) is 4.74 Å². The lowest BCUT2D eigenvalue weighted by atomic mass is 10.1. The van der Waals surface area contributed by atoms with Gasteiger partial charge in [0.1, 0.15) is 0 Å². The number of ether oxygens (including phenoxy) is 1. The predicted octanol–water partition coefficient (Wildman–Crippen LogP) is 0.215. The second-order valence-corrected chi connectivity index (χ2v) is 5.34. The van der Waals surface area contributed by atoms with Gasteiger partial charge in [-0.3, -0.25) is 4.79 Å². The number of hydrogen-bond donors (Lipinski definition) is 2. The van der Waals surface area contributed by atoms with Gasteiger partial charge in [0.15, 0.2) is 5.69 Å². The number of carbonyl (C=O) groups excluding carboxylic acids is 1. The Balaban J connectivity index is 1.86. The third-order valence-corrected chi connectivity index (χ3v) is 3.49. The average molecular weight is 281 g/mol. The molecular formula is C13H23N5O2. The smallest absolute Gasteiger partial charge is 0.273 e. The Labute approximate surface area is 119 Å². The summed E-state index contributed by atoms with van der Waals surface area (Å²) in [6.07, 6.45) is 3.79. The van der Waals surface area contributed by atoms with E-state index in [1.165, 1.54) is 0 Å². The summed E-state index contributed by atoms with van der Waals surface area (Å²) in [5, 5.41) is 14.2. The number of nitrogens with one attached hydrogen (secondary N) is 2. The number of hydrogen-bond acceptors (Lipinski definition) is 5. The van der Waals surface area contributed by atoms with Crippen LogP contribution in [0, 0.1) is 5.92 Å². The summed E-state index contributed by atoms with van der Waals surface area (Å²) in [7, 11) is 1.66. The molecule has 0 aromatic carbocycles. The highest BCUT2D eigenvalue weighted by Crippen LogP contribution is 2.16. The molecule has 1 aliphatic heterocycles. The fourth-order valence-electron chi connectivity index (χ4n) is 2.33.